The van der Waals surface area contributed by atoms with Crippen LogP contribution in [0.15, 0.2) is 48.5 Å². The second kappa shape index (κ2) is 8.07. The molecule has 126 valence electrons. The Morgan fingerprint density at radius 3 is 2.54 bits per heavy atom. The Bertz CT molecular complexity index is 715. The Morgan fingerprint density at radius 1 is 1.25 bits per heavy atom. The van der Waals surface area contributed by atoms with Gasteiger partial charge in [-0.15, -0.1) is 0 Å². The molecule has 0 aliphatic rings. The Balaban J connectivity index is 1.90. The average Bonchev–Trinajstić information content (AvgIpc) is 2.60. The molecule has 0 aliphatic carbocycles. The Kier molecular flexibility index (Phi) is 5.86. The Hall–Kier alpha value is -2.93. The number of ether oxygens (including phenoxy) is 1. The lowest BCUT2D eigenvalue weighted by atomic mass is 10.1. The molecule has 1 amide bonds. The maximum absolute atomic E-state index is 12.0. The van der Waals surface area contributed by atoms with Crippen molar-refractivity contribution in [2.75, 3.05) is 13.7 Å². The third-order valence-electron chi connectivity index (χ3n) is 3.52. The van der Waals surface area contributed by atoms with Crippen LogP contribution >= 0.6 is 0 Å². The standard InChI is InChI=1S/C17H18N2O5/c1-24-16-5-3-2-4-13(16)10-17(21)18-11-15(20)12-6-8-14(9-7-12)19(22)23/h2-9,15,20H,10-11H2,1H3,(H,18,21). The predicted molar refractivity (Wildman–Crippen MR) is 87.8 cm³/mol. The van der Waals surface area contributed by atoms with Crippen LogP contribution in [0.4, 0.5) is 5.69 Å². The number of nitrogens with one attached hydrogen (secondary N) is 1. The van der Waals surface area contributed by atoms with Crippen molar-refractivity contribution in [2.24, 2.45) is 0 Å². The highest BCUT2D eigenvalue weighted by Crippen LogP contribution is 2.19. The number of hydrogen-bond donors (Lipinski definition) is 2. The lowest BCUT2D eigenvalue weighted by Crippen LogP contribution is -2.29. The van der Waals surface area contributed by atoms with Crippen molar-refractivity contribution in [3.8, 4) is 5.75 Å². The summed E-state index contributed by atoms with van der Waals surface area (Å²) in [5.41, 5.74) is 1.20. The number of amides is 1. The number of nitrogens with zero attached hydrogens (tertiary/aromatic N) is 1. The van der Waals surface area contributed by atoms with Gasteiger partial charge in [0.15, 0.2) is 0 Å². The average molecular weight is 330 g/mol. The van der Waals surface area contributed by atoms with Crippen LogP contribution in [0.5, 0.6) is 5.75 Å². The molecule has 0 fully saturated rings. The summed E-state index contributed by atoms with van der Waals surface area (Å²) in [7, 11) is 1.54. The molecule has 2 rings (SSSR count). The van der Waals surface area contributed by atoms with E-state index in [4.69, 9.17) is 4.74 Å². The number of methoxy groups -OCH3 is 1. The quantitative estimate of drug-likeness (QED) is 0.597. The lowest BCUT2D eigenvalue weighted by molar-refractivity contribution is -0.384. The van der Waals surface area contributed by atoms with Gasteiger partial charge in [0.05, 0.1) is 24.6 Å². The van der Waals surface area contributed by atoms with Gasteiger partial charge in [0.25, 0.3) is 5.69 Å². The summed E-state index contributed by atoms with van der Waals surface area (Å²) in [4.78, 5) is 22.1. The van der Waals surface area contributed by atoms with Gasteiger partial charge >= 0.3 is 0 Å². The van der Waals surface area contributed by atoms with E-state index in [-0.39, 0.29) is 24.6 Å². The summed E-state index contributed by atoms with van der Waals surface area (Å²) >= 11 is 0. The van der Waals surface area contributed by atoms with Crippen molar-refractivity contribution < 1.29 is 19.6 Å². The van der Waals surface area contributed by atoms with E-state index in [0.29, 0.717) is 11.3 Å². The SMILES string of the molecule is COc1ccccc1CC(=O)NCC(O)c1ccc([N+](=O)[O-])cc1. The van der Waals surface area contributed by atoms with Crippen LogP contribution in [0.3, 0.4) is 0 Å². The second-order valence-corrected chi connectivity index (χ2v) is 5.16. The zero-order valence-electron chi connectivity index (χ0n) is 13.1. The molecule has 0 spiro atoms. The first-order valence-corrected chi connectivity index (χ1v) is 7.32. The Labute approximate surface area is 139 Å². The van der Waals surface area contributed by atoms with E-state index in [9.17, 15) is 20.0 Å². The molecule has 0 saturated heterocycles. The molecule has 2 aromatic rings. The molecule has 7 nitrogen and oxygen atoms in total. The predicted octanol–water partition coefficient (Wildman–Crippen LogP) is 2.00. The molecule has 1 atom stereocenters. The first-order valence-electron chi connectivity index (χ1n) is 7.32. The minimum absolute atomic E-state index is 0.0196. The highest BCUT2D eigenvalue weighted by atomic mass is 16.6. The monoisotopic (exact) mass is 330 g/mol. The first kappa shape index (κ1) is 17.4. The number of hydrogen-bond acceptors (Lipinski definition) is 5. The number of carbonyl (C=O) groups is 1. The van der Waals surface area contributed by atoms with Crippen molar-refractivity contribution >= 4 is 11.6 Å². The fourth-order valence-corrected chi connectivity index (χ4v) is 2.23. The third kappa shape index (κ3) is 4.53. The minimum Gasteiger partial charge on any atom is -0.496 e. The molecule has 0 aromatic heterocycles. The zero-order valence-corrected chi connectivity index (χ0v) is 13.1. The summed E-state index contributed by atoms with van der Waals surface area (Å²) in [6, 6.07) is 12.8. The minimum atomic E-state index is -0.938. The van der Waals surface area contributed by atoms with Gasteiger partial charge in [-0.2, -0.15) is 0 Å². The number of benzene rings is 2. The molecule has 0 radical (unpaired) electrons. The molecule has 0 aliphatic heterocycles. The molecule has 1 unspecified atom stereocenters. The Morgan fingerprint density at radius 2 is 1.92 bits per heavy atom. The maximum Gasteiger partial charge on any atom is 0.269 e. The van der Waals surface area contributed by atoms with Crippen LogP contribution in [0.1, 0.15) is 17.2 Å². The number of para-hydroxylation sites is 1. The van der Waals surface area contributed by atoms with Crippen molar-refractivity contribution in [2.45, 2.75) is 12.5 Å². The third-order valence-corrected chi connectivity index (χ3v) is 3.52. The molecule has 0 heterocycles. The van der Waals surface area contributed by atoms with E-state index in [2.05, 4.69) is 5.32 Å². The second-order valence-electron chi connectivity index (χ2n) is 5.16. The van der Waals surface area contributed by atoms with Gasteiger partial charge in [-0.25, -0.2) is 0 Å². The number of aliphatic hydroxyl groups is 1. The number of carbonyl (C=O) groups excluding carboxylic acids is 1. The molecule has 0 bridgehead atoms. The fourth-order valence-electron chi connectivity index (χ4n) is 2.23. The van der Waals surface area contributed by atoms with Gasteiger partial charge in [-0.1, -0.05) is 18.2 Å². The normalized spacial score (nSPS) is 11.6. The summed E-state index contributed by atoms with van der Waals surface area (Å²) in [5.74, 6) is 0.379. The van der Waals surface area contributed by atoms with E-state index < -0.39 is 11.0 Å². The van der Waals surface area contributed by atoms with Gasteiger partial charge in [-0.3, -0.25) is 14.9 Å². The number of rotatable bonds is 7. The van der Waals surface area contributed by atoms with Crippen molar-refractivity contribution in [3.05, 3.63) is 69.8 Å². The van der Waals surface area contributed by atoms with E-state index in [1.54, 1.807) is 12.1 Å². The highest BCUT2D eigenvalue weighted by molar-refractivity contribution is 5.79. The molecular weight excluding hydrogens is 312 g/mol. The molecule has 7 heteroatoms. The first-order chi connectivity index (χ1) is 11.5. The van der Waals surface area contributed by atoms with E-state index in [1.807, 2.05) is 12.1 Å². The maximum atomic E-state index is 12.0. The van der Waals surface area contributed by atoms with Gasteiger partial charge < -0.3 is 15.2 Å². The lowest BCUT2D eigenvalue weighted by Gasteiger charge is -2.13. The van der Waals surface area contributed by atoms with Crippen molar-refractivity contribution in [3.63, 3.8) is 0 Å². The van der Waals surface area contributed by atoms with Gasteiger partial charge in [-0.05, 0) is 23.8 Å². The van der Waals surface area contributed by atoms with Crippen LogP contribution in [0, 0.1) is 10.1 Å². The highest BCUT2D eigenvalue weighted by Gasteiger charge is 2.13. The number of nitro benzene ring substituents is 1. The van der Waals surface area contributed by atoms with Crippen LogP contribution in [-0.4, -0.2) is 29.6 Å². The van der Waals surface area contributed by atoms with Gasteiger partial charge in [0.2, 0.25) is 5.91 Å². The van der Waals surface area contributed by atoms with Crippen LogP contribution < -0.4 is 10.1 Å². The van der Waals surface area contributed by atoms with Crippen LogP contribution in [0.2, 0.25) is 0 Å². The van der Waals surface area contributed by atoms with Crippen molar-refractivity contribution in [1.82, 2.24) is 5.32 Å². The van der Waals surface area contributed by atoms with Crippen molar-refractivity contribution in [1.29, 1.82) is 0 Å². The molecule has 24 heavy (non-hydrogen) atoms. The molecular formula is C17H18N2O5. The molecule has 2 aromatic carbocycles. The van der Waals surface area contributed by atoms with Crippen LogP contribution in [0.25, 0.3) is 0 Å². The summed E-state index contributed by atoms with van der Waals surface area (Å²) in [5, 5.41) is 23.3. The van der Waals surface area contributed by atoms with E-state index >= 15 is 0 Å². The number of non-ortho nitro benzene ring substituents is 1. The van der Waals surface area contributed by atoms with E-state index in [0.717, 1.165) is 5.56 Å². The largest absolute Gasteiger partial charge is 0.496 e. The zero-order chi connectivity index (χ0) is 17.5. The number of nitro groups is 1. The van der Waals surface area contributed by atoms with Gasteiger partial charge in [0.1, 0.15) is 5.75 Å². The van der Waals surface area contributed by atoms with Gasteiger partial charge in [0, 0.05) is 24.2 Å². The summed E-state index contributed by atoms with van der Waals surface area (Å²) in [6.45, 7) is 0.0196. The number of aliphatic hydroxyl groups excluding tert-OH is 1. The summed E-state index contributed by atoms with van der Waals surface area (Å²) < 4.78 is 5.19. The van der Waals surface area contributed by atoms with E-state index in [1.165, 1.54) is 31.4 Å². The summed E-state index contributed by atoms with van der Waals surface area (Å²) in [6.07, 6.45) is -0.802. The molecule has 0 saturated carbocycles. The fraction of sp³-hybridized carbons (Fsp3) is 0.235. The van der Waals surface area contributed by atoms with Crippen LogP contribution in [-0.2, 0) is 11.2 Å². The smallest absolute Gasteiger partial charge is 0.269 e. The molecule has 2 N–H and O–H groups in total. The topological polar surface area (TPSA) is 102 Å².